The van der Waals surface area contributed by atoms with Crippen LogP contribution in [0.1, 0.15) is 23.7 Å². The lowest BCUT2D eigenvalue weighted by molar-refractivity contribution is 0.112. The molecular formula is C14H21ClN2O. The Bertz CT molecular complexity index is 393. The zero-order chi connectivity index (χ0) is 13.5. The molecule has 0 saturated carbocycles. The predicted molar refractivity (Wildman–Crippen MR) is 77.9 cm³/mol. The van der Waals surface area contributed by atoms with Crippen LogP contribution >= 0.6 is 11.6 Å². The van der Waals surface area contributed by atoms with Crippen LogP contribution in [0.3, 0.4) is 0 Å². The molecule has 0 aliphatic rings. The fourth-order valence-electron chi connectivity index (χ4n) is 1.97. The minimum absolute atomic E-state index is 0.645. The van der Waals surface area contributed by atoms with Crippen LogP contribution in [-0.2, 0) is 0 Å². The van der Waals surface area contributed by atoms with Gasteiger partial charge in [-0.2, -0.15) is 0 Å². The summed E-state index contributed by atoms with van der Waals surface area (Å²) in [5.41, 5.74) is 1.52. The largest absolute Gasteiger partial charge is 0.370 e. The van der Waals surface area contributed by atoms with Gasteiger partial charge in [-0.05, 0) is 46.1 Å². The first kappa shape index (κ1) is 15.0. The summed E-state index contributed by atoms with van der Waals surface area (Å²) >= 11 is 6.21. The Morgan fingerprint density at radius 2 is 2.00 bits per heavy atom. The molecule has 0 radical (unpaired) electrons. The Labute approximate surface area is 114 Å². The van der Waals surface area contributed by atoms with Crippen LogP contribution in [0.25, 0.3) is 0 Å². The molecule has 1 rings (SSSR count). The van der Waals surface area contributed by atoms with E-state index in [1.54, 1.807) is 0 Å². The third kappa shape index (κ3) is 4.00. The fourth-order valence-corrected chi connectivity index (χ4v) is 2.27. The minimum atomic E-state index is 0.645. The maximum absolute atomic E-state index is 11.1. The van der Waals surface area contributed by atoms with Crippen LogP contribution in [0.2, 0.25) is 5.02 Å². The molecule has 100 valence electrons. The number of carbonyl (C=O) groups is 1. The van der Waals surface area contributed by atoms with E-state index in [1.807, 2.05) is 18.2 Å². The molecule has 4 heteroatoms. The molecule has 0 fully saturated rings. The zero-order valence-corrected chi connectivity index (χ0v) is 12.1. The highest BCUT2D eigenvalue weighted by molar-refractivity contribution is 6.33. The van der Waals surface area contributed by atoms with E-state index in [0.29, 0.717) is 10.6 Å². The summed E-state index contributed by atoms with van der Waals surface area (Å²) in [5, 5.41) is 0.645. The van der Waals surface area contributed by atoms with Gasteiger partial charge in [0, 0.05) is 18.7 Å². The lowest BCUT2D eigenvalue weighted by Gasteiger charge is -2.26. The summed E-state index contributed by atoms with van der Waals surface area (Å²) in [6.07, 6.45) is 1.92. The van der Waals surface area contributed by atoms with Gasteiger partial charge >= 0.3 is 0 Å². The molecule has 0 saturated heterocycles. The molecule has 0 aliphatic carbocycles. The Morgan fingerprint density at radius 3 is 2.56 bits per heavy atom. The highest BCUT2D eigenvalue weighted by Crippen LogP contribution is 2.29. The van der Waals surface area contributed by atoms with Gasteiger partial charge in [0.2, 0.25) is 0 Å². The second kappa shape index (κ2) is 7.39. The van der Waals surface area contributed by atoms with Crippen molar-refractivity contribution in [2.75, 3.05) is 38.6 Å². The van der Waals surface area contributed by atoms with E-state index in [1.165, 1.54) is 0 Å². The lowest BCUT2D eigenvalue weighted by atomic mass is 10.1. The number of carbonyl (C=O) groups excluding carboxylic acids is 1. The topological polar surface area (TPSA) is 23.6 Å². The molecule has 0 heterocycles. The van der Waals surface area contributed by atoms with Crippen molar-refractivity contribution in [2.45, 2.75) is 13.3 Å². The molecule has 0 spiro atoms. The van der Waals surface area contributed by atoms with Crippen molar-refractivity contribution in [3.8, 4) is 0 Å². The van der Waals surface area contributed by atoms with Crippen LogP contribution in [-0.4, -0.2) is 44.9 Å². The van der Waals surface area contributed by atoms with E-state index in [9.17, 15) is 4.79 Å². The molecular weight excluding hydrogens is 248 g/mol. The van der Waals surface area contributed by atoms with Gasteiger partial charge in [0.15, 0.2) is 6.29 Å². The Kier molecular flexibility index (Phi) is 6.16. The zero-order valence-electron chi connectivity index (χ0n) is 11.3. The van der Waals surface area contributed by atoms with E-state index >= 15 is 0 Å². The van der Waals surface area contributed by atoms with Crippen molar-refractivity contribution in [3.05, 3.63) is 28.8 Å². The molecule has 1 aromatic carbocycles. The Balaban J connectivity index is 2.84. The first-order valence-corrected chi connectivity index (χ1v) is 6.61. The van der Waals surface area contributed by atoms with Crippen LogP contribution in [0.4, 0.5) is 5.69 Å². The van der Waals surface area contributed by atoms with Gasteiger partial charge in [0.1, 0.15) is 0 Å². The number of nitrogens with zero attached hydrogens (tertiary/aromatic N) is 2. The maximum atomic E-state index is 11.1. The average Bonchev–Trinajstić information content (AvgIpc) is 2.34. The summed E-state index contributed by atoms with van der Waals surface area (Å²) in [5.74, 6) is 0. The van der Waals surface area contributed by atoms with E-state index < -0.39 is 0 Å². The van der Waals surface area contributed by atoms with Crippen LogP contribution in [0.15, 0.2) is 18.2 Å². The number of benzene rings is 1. The van der Waals surface area contributed by atoms with E-state index in [2.05, 4.69) is 30.8 Å². The number of halogens is 1. The SMILES string of the molecule is CCN(CCCN(C)C)c1c(Cl)cccc1C=O. The van der Waals surface area contributed by atoms with Gasteiger partial charge in [0.25, 0.3) is 0 Å². The normalized spacial score (nSPS) is 10.7. The number of aldehydes is 1. The molecule has 0 N–H and O–H groups in total. The molecule has 0 bridgehead atoms. The highest BCUT2D eigenvalue weighted by atomic mass is 35.5. The third-order valence-corrected chi connectivity index (χ3v) is 3.18. The molecule has 0 atom stereocenters. The second-order valence-corrected chi connectivity index (χ2v) is 4.94. The number of rotatable bonds is 7. The van der Waals surface area contributed by atoms with Crippen molar-refractivity contribution >= 4 is 23.6 Å². The third-order valence-electron chi connectivity index (χ3n) is 2.88. The lowest BCUT2D eigenvalue weighted by Crippen LogP contribution is -2.28. The number of para-hydroxylation sites is 1. The number of hydrogen-bond acceptors (Lipinski definition) is 3. The summed E-state index contributed by atoms with van der Waals surface area (Å²) in [6, 6.07) is 5.45. The predicted octanol–water partition coefficient (Wildman–Crippen LogP) is 2.93. The molecule has 0 aromatic heterocycles. The number of hydrogen-bond donors (Lipinski definition) is 0. The van der Waals surface area contributed by atoms with Crippen molar-refractivity contribution in [3.63, 3.8) is 0 Å². The van der Waals surface area contributed by atoms with Crippen LogP contribution < -0.4 is 4.90 Å². The number of anilines is 1. The summed E-state index contributed by atoms with van der Waals surface area (Å²) in [7, 11) is 4.12. The Morgan fingerprint density at radius 1 is 1.28 bits per heavy atom. The smallest absolute Gasteiger partial charge is 0.152 e. The standard InChI is InChI=1S/C14H21ClN2O/c1-4-17(10-6-9-16(2)3)14-12(11-18)7-5-8-13(14)15/h5,7-8,11H,4,6,9-10H2,1-3H3. The minimum Gasteiger partial charge on any atom is -0.370 e. The van der Waals surface area contributed by atoms with Crippen molar-refractivity contribution < 1.29 is 4.79 Å². The van der Waals surface area contributed by atoms with Gasteiger partial charge in [-0.3, -0.25) is 4.79 Å². The fraction of sp³-hybridized carbons (Fsp3) is 0.500. The summed E-state index contributed by atoms with van der Waals surface area (Å²) in [6.45, 7) is 4.85. The van der Waals surface area contributed by atoms with Gasteiger partial charge < -0.3 is 9.80 Å². The summed E-state index contributed by atoms with van der Waals surface area (Å²) < 4.78 is 0. The van der Waals surface area contributed by atoms with E-state index in [0.717, 1.165) is 38.0 Å². The Hall–Kier alpha value is -1.06. The van der Waals surface area contributed by atoms with E-state index in [4.69, 9.17) is 11.6 Å². The molecule has 3 nitrogen and oxygen atoms in total. The van der Waals surface area contributed by atoms with Crippen molar-refractivity contribution in [2.24, 2.45) is 0 Å². The van der Waals surface area contributed by atoms with Gasteiger partial charge in [-0.25, -0.2) is 0 Å². The van der Waals surface area contributed by atoms with Gasteiger partial charge in [-0.1, -0.05) is 17.7 Å². The average molecular weight is 269 g/mol. The van der Waals surface area contributed by atoms with Crippen LogP contribution in [0.5, 0.6) is 0 Å². The first-order chi connectivity index (χ1) is 8.60. The first-order valence-electron chi connectivity index (χ1n) is 6.23. The highest BCUT2D eigenvalue weighted by Gasteiger charge is 2.13. The molecule has 0 amide bonds. The van der Waals surface area contributed by atoms with E-state index in [-0.39, 0.29) is 0 Å². The maximum Gasteiger partial charge on any atom is 0.152 e. The van der Waals surface area contributed by atoms with Crippen molar-refractivity contribution in [1.82, 2.24) is 4.90 Å². The molecule has 18 heavy (non-hydrogen) atoms. The summed E-state index contributed by atoms with van der Waals surface area (Å²) in [4.78, 5) is 15.4. The van der Waals surface area contributed by atoms with Gasteiger partial charge in [0.05, 0.1) is 10.7 Å². The second-order valence-electron chi connectivity index (χ2n) is 4.53. The van der Waals surface area contributed by atoms with Gasteiger partial charge in [-0.15, -0.1) is 0 Å². The quantitative estimate of drug-likeness (QED) is 0.711. The van der Waals surface area contributed by atoms with Crippen LogP contribution in [0, 0.1) is 0 Å². The van der Waals surface area contributed by atoms with Crippen molar-refractivity contribution in [1.29, 1.82) is 0 Å². The molecule has 0 unspecified atom stereocenters. The molecule has 0 aliphatic heterocycles. The monoisotopic (exact) mass is 268 g/mol. The molecule has 1 aromatic rings.